The van der Waals surface area contributed by atoms with Crippen LogP contribution >= 0.6 is 0 Å². The van der Waals surface area contributed by atoms with E-state index in [1.807, 2.05) is 6.07 Å². The lowest BCUT2D eigenvalue weighted by Crippen LogP contribution is -2.21. The fourth-order valence-corrected chi connectivity index (χ4v) is 2.68. The number of hydrogen-bond donors (Lipinski definition) is 1. The Balaban J connectivity index is 1.93. The van der Waals surface area contributed by atoms with Crippen molar-refractivity contribution in [3.63, 3.8) is 0 Å². The molecule has 1 saturated carbocycles. The first-order chi connectivity index (χ1) is 10.2. The van der Waals surface area contributed by atoms with Crippen LogP contribution in [0.4, 0.5) is 0 Å². The third-order valence-corrected chi connectivity index (χ3v) is 3.90. The summed E-state index contributed by atoms with van der Waals surface area (Å²) in [5.41, 5.74) is -0.216. The Morgan fingerprint density at radius 1 is 1.14 bits per heavy atom. The van der Waals surface area contributed by atoms with Crippen LogP contribution in [0.3, 0.4) is 0 Å². The number of ether oxygens (including phenoxy) is 2. The Hall–Kier alpha value is -2.08. The molecule has 1 aromatic carbocycles. The highest BCUT2D eigenvalue weighted by molar-refractivity contribution is 5.60. The van der Waals surface area contributed by atoms with E-state index in [0.29, 0.717) is 36.1 Å². The average Bonchev–Trinajstić information content (AvgIpc) is 3.16. The van der Waals surface area contributed by atoms with Crippen molar-refractivity contribution < 1.29 is 19.1 Å². The second kappa shape index (κ2) is 5.37. The molecule has 0 unspecified atom stereocenters. The molecule has 0 saturated heterocycles. The van der Waals surface area contributed by atoms with E-state index in [1.165, 1.54) is 0 Å². The van der Waals surface area contributed by atoms with Gasteiger partial charge in [-0.25, -0.2) is 0 Å². The van der Waals surface area contributed by atoms with E-state index < -0.39 is 5.60 Å². The van der Waals surface area contributed by atoms with E-state index in [9.17, 15) is 5.11 Å². The molecule has 6 nitrogen and oxygen atoms in total. The molecule has 112 valence electrons. The largest absolute Gasteiger partial charge is 0.493 e. The van der Waals surface area contributed by atoms with Gasteiger partial charge in [0.25, 0.3) is 5.89 Å². The Kier molecular flexibility index (Phi) is 3.55. The zero-order valence-corrected chi connectivity index (χ0v) is 12.1. The lowest BCUT2D eigenvalue weighted by Gasteiger charge is -2.15. The van der Waals surface area contributed by atoms with Crippen LogP contribution in [0.25, 0.3) is 11.4 Å². The summed E-state index contributed by atoms with van der Waals surface area (Å²) in [5, 5.41) is 14.4. The van der Waals surface area contributed by atoms with E-state index >= 15 is 0 Å². The molecule has 6 heteroatoms. The Bertz CT molecular complexity index is 632. The van der Waals surface area contributed by atoms with Crippen molar-refractivity contribution in [3.8, 4) is 22.9 Å². The van der Waals surface area contributed by atoms with Gasteiger partial charge < -0.3 is 19.1 Å². The molecule has 2 aromatic rings. The first-order valence-electron chi connectivity index (χ1n) is 6.95. The number of nitrogens with zero attached hydrogens (tertiary/aromatic N) is 2. The molecule has 1 fully saturated rings. The molecule has 3 rings (SSSR count). The molecule has 0 radical (unpaired) electrons. The number of aliphatic hydroxyl groups is 1. The van der Waals surface area contributed by atoms with Crippen LogP contribution in [-0.4, -0.2) is 29.5 Å². The summed E-state index contributed by atoms with van der Waals surface area (Å²) in [6.07, 6.45) is 3.29. The number of methoxy groups -OCH3 is 2. The molecule has 1 aromatic heterocycles. The van der Waals surface area contributed by atoms with Crippen molar-refractivity contribution in [2.75, 3.05) is 14.2 Å². The maximum atomic E-state index is 10.5. The lowest BCUT2D eigenvalue weighted by molar-refractivity contribution is 0.0112. The summed E-state index contributed by atoms with van der Waals surface area (Å²) in [6.45, 7) is 0. The maximum absolute atomic E-state index is 10.5. The minimum absolute atomic E-state index is 0.296. The van der Waals surface area contributed by atoms with Crippen LogP contribution in [0.15, 0.2) is 22.7 Å². The summed E-state index contributed by atoms with van der Waals surface area (Å²) in [5.74, 6) is 1.97. The fourth-order valence-electron chi connectivity index (χ4n) is 2.68. The van der Waals surface area contributed by atoms with Crippen LogP contribution in [0.2, 0.25) is 0 Å². The van der Waals surface area contributed by atoms with E-state index in [2.05, 4.69) is 10.1 Å². The molecule has 0 atom stereocenters. The topological polar surface area (TPSA) is 77.6 Å². The third kappa shape index (κ3) is 2.47. The number of benzene rings is 1. The predicted molar refractivity (Wildman–Crippen MR) is 75.2 cm³/mol. The number of rotatable bonds is 4. The fraction of sp³-hybridized carbons (Fsp3) is 0.467. The second-order valence-electron chi connectivity index (χ2n) is 5.23. The first kappa shape index (κ1) is 13.9. The third-order valence-electron chi connectivity index (χ3n) is 3.90. The van der Waals surface area contributed by atoms with Gasteiger partial charge in [-0.05, 0) is 43.9 Å². The first-order valence-corrected chi connectivity index (χ1v) is 6.95. The number of aromatic nitrogens is 2. The van der Waals surface area contributed by atoms with E-state index in [4.69, 9.17) is 14.0 Å². The predicted octanol–water partition coefficient (Wildman–Crippen LogP) is 2.52. The van der Waals surface area contributed by atoms with Gasteiger partial charge in [-0.3, -0.25) is 0 Å². The maximum Gasteiger partial charge on any atom is 0.258 e. The van der Waals surface area contributed by atoms with E-state index in [1.54, 1.807) is 26.4 Å². The molecule has 21 heavy (non-hydrogen) atoms. The summed E-state index contributed by atoms with van der Waals surface area (Å²) < 4.78 is 15.7. The Labute approximate surface area is 122 Å². The van der Waals surface area contributed by atoms with Crippen LogP contribution in [0.1, 0.15) is 31.6 Å². The van der Waals surface area contributed by atoms with Crippen LogP contribution in [0, 0.1) is 0 Å². The highest BCUT2D eigenvalue weighted by Gasteiger charge is 2.38. The average molecular weight is 290 g/mol. The smallest absolute Gasteiger partial charge is 0.258 e. The van der Waals surface area contributed by atoms with Gasteiger partial charge in [-0.1, -0.05) is 5.16 Å². The summed E-state index contributed by atoms with van der Waals surface area (Å²) >= 11 is 0. The molecule has 1 aliphatic rings. The van der Waals surface area contributed by atoms with Gasteiger partial charge in [0, 0.05) is 5.56 Å². The van der Waals surface area contributed by atoms with Gasteiger partial charge in [-0.15, -0.1) is 0 Å². The number of hydrogen-bond acceptors (Lipinski definition) is 6. The van der Waals surface area contributed by atoms with E-state index in [0.717, 1.165) is 18.4 Å². The van der Waals surface area contributed by atoms with Crippen LogP contribution in [-0.2, 0) is 5.60 Å². The SMILES string of the molecule is COc1ccc(-c2noc(C3(O)CCCC3)n2)cc1OC. The minimum atomic E-state index is -0.970. The molecule has 1 heterocycles. The van der Waals surface area contributed by atoms with Gasteiger partial charge >= 0.3 is 0 Å². The van der Waals surface area contributed by atoms with Crippen molar-refractivity contribution in [2.45, 2.75) is 31.3 Å². The van der Waals surface area contributed by atoms with Crippen LogP contribution in [0.5, 0.6) is 11.5 Å². The zero-order chi connectivity index (χ0) is 14.9. The van der Waals surface area contributed by atoms with Crippen molar-refractivity contribution in [1.82, 2.24) is 10.1 Å². The summed E-state index contributed by atoms with van der Waals surface area (Å²) in [7, 11) is 3.16. The molecule has 0 aliphatic heterocycles. The highest BCUT2D eigenvalue weighted by Crippen LogP contribution is 2.38. The Morgan fingerprint density at radius 2 is 1.86 bits per heavy atom. The lowest BCUT2D eigenvalue weighted by atomic mass is 10.0. The van der Waals surface area contributed by atoms with Gasteiger partial charge in [0.15, 0.2) is 11.5 Å². The minimum Gasteiger partial charge on any atom is -0.493 e. The van der Waals surface area contributed by atoms with Crippen molar-refractivity contribution >= 4 is 0 Å². The quantitative estimate of drug-likeness (QED) is 0.932. The van der Waals surface area contributed by atoms with Crippen molar-refractivity contribution in [1.29, 1.82) is 0 Å². The molecule has 1 aliphatic carbocycles. The van der Waals surface area contributed by atoms with Gasteiger partial charge in [0.2, 0.25) is 5.82 Å². The molecular formula is C15H18N2O4. The van der Waals surface area contributed by atoms with Crippen molar-refractivity contribution in [3.05, 3.63) is 24.1 Å². The molecule has 1 N–H and O–H groups in total. The summed E-state index contributed by atoms with van der Waals surface area (Å²) in [4.78, 5) is 4.34. The highest BCUT2D eigenvalue weighted by atomic mass is 16.5. The summed E-state index contributed by atoms with van der Waals surface area (Å²) in [6, 6.07) is 5.40. The van der Waals surface area contributed by atoms with Gasteiger partial charge in [0.1, 0.15) is 5.60 Å². The normalized spacial score (nSPS) is 16.9. The molecular weight excluding hydrogens is 272 g/mol. The van der Waals surface area contributed by atoms with Gasteiger partial charge in [-0.2, -0.15) is 4.98 Å². The molecule has 0 bridgehead atoms. The van der Waals surface area contributed by atoms with E-state index in [-0.39, 0.29) is 0 Å². The van der Waals surface area contributed by atoms with Crippen LogP contribution < -0.4 is 9.47 Å². The molecule has 0 amide bonds. The Morgan fingerprint density at radius 3 is 2.52 bits per heavy atom. The molecule has 0 spiro atoms. The second-order valence-corrected chi connectivity index (χ2v) is 5.23. The van der Waals surface area contributed by atoms with Crippen molar-refractivity contribution in [2.24, 2.45) is 0 Å². The van der Waals surface area contributed by atoms with Gasteiger partial charge in [0.05, 0.1) is 14.2 Å². The zero-order valence-electron chi connectivity index (χ0n) is 12.1. The monoisotopic (exact) mass is 290 g/mol. The standard InChI is InChI=1S/C15H18N2O4/c1-19-11-6-5-10(9-12(11)20-2)13-16-14(21-17-13)15(18)7-3-4-8-15/h5-6,9,18H,3-4,7-8H2,1-2H3.